The first-order valence-corrected chi connectivity index (χ1v) is 10.6. The van der Waals surface area contributed by atoms with E-state index >= 15 is 0 Å². The van der Waals surface area contributed by atoms with E-state index in [9.17, 15) is 5.11 Å². The molecular formula is C13H29NO3Si. The fourth-order valence-electron chi connectivity index (χ4n) is 2.03. The third-order valence-corrected chi connectivity index (χ3v) is 5.13. The van der Waals surface area contributed by atoms with Crippen LogP contribution in [-0.2, 0) is 9.47 Å². The van der Waals surface area contributed by atoms with E-state index < -0.39 is 13.7 Å². The van der Waals surface area contributed by atoms with Gasteiger partial charge in [-0.3, -0.25) is 0 Å². The highest BCUT2D eigenvalue weighted by molar-refractivity contribution is 6.76. The van der Waals surface area contributed by atoms with Gasteiger partial charge in [0.25, 0.3) is 0 Å². The van der Waals surface area contributed by atoms with Gasteiger partial charge in [0.05, 0.1) is 12.2 Å². The predicted octanol–water partition coefficient (Wildman–Crippen LogP) is 1.95. The molecule has 0 aromatic heterocycles. The minimum absolute atomic E-state index is 0.0871. The van der Waals surface area contributed by atoms with Gasteiger partial charge in [0, 0.05) is 20.7 Å². The topological polar surface area (TPSA) is 64.7 Å². The number of rotatable bonds is 9. The Hall–Kier alpha value is 0.0569. The smallest absolute Gasteiger partial charge is 0.146 e. The summed E-state index contributed by atoms with van der Waals surface area (Å²) in [6.07, 6.45) is 3.52. The van der Waals surface area contributed by atoms with Crippen molar-refractivity contribution in [2.45, 2.75) is 63.0 Å². The minimum atomic E-state index is -1.01. The molecule has 5 heteroatoms. The molecule has 4 nitrogen and oxygen atoms in total. The first kappa shape index (κ1) is 16.1. The van der Waals surface area contributed by atoms with E-state index in [1.54, 1.807) is 0 Å². The third-order valence-electron chi connectivity index (χ3n) is 3.42. The van der Waals surface area contributed by atoms with Crippen molar-refractivity contribution in [1.29, 1.82) is 0 Å². The van der Waals surface area contributed by atoms with Crippen molar-refractivity contribution in [2.24, 2.45) is 5.73 Å². The Bertz CT molecular complexity index is 239. The molecular weight excluding hydrogens is 246 g/mol. The summed E-state index contributed by atoms with van der Waals surface area (Å²) in [5.41, 5.74) is 5.41. The van der Waals surface area contributed by atoms with Crippen LogP contribution in [-0.4, -0.2) is 44.8 Å². The van der Waals surface area contributed by atoms with Crippen molar-refractivity contribution in [3.05, 3.63) is 0 Å². The lowest BCUT2D eigenvalue weighted by Gasteiger charge is -2.38. The average Bonchev–Trinajstić information content (AvgIpc) is 2.19. The molecule has 1 unspecified atom stereocenters. The van der Waals surface area contributed by atoms with Crippen LogP contribution in [0, 0.1) is 0 Å². The van der Waals surface area contributed by atoms with Crippen LogP contribution in [0.2, 0.25) is 25.7 Å². The third kappa shape index (κ3) is 6.85. The van der Waals surface area contributed by atoms with Gasteiger partial charge in [0.1, 0.15) is 6.79 Å². The molecule has 0 aromatic rings. The maximum absolute atomic E-state index is 9.95. The highest BCUT2D eigenvalue weighted by Crippen LogP contribution is 2.35. The number of hydrogen-bond acceptors (Lipinski definition) is 4. The maximum Gasteiger partial charge on any atom is 0.146 e. The molecule has 3 N–H and O–H groups in total. The highest BCUT2D eigenvalue weighted by Gasteiger charge is 2.35. The van der Waals surface area contributed by atoms with Gasteiger partial charge in [-0.05, 0) is 31.7 Å². The Morgan fingerprint density at radius 1 is 1.28 bits per heavy atom. The fourth-order valence-corrected chi connectivity index (χ4v) is 2.79. The molecule has 1 atom stereocenters. The van der Waals surface area contributed by atoms with Gasteiger partial charge >= 0.3 is 0 Å². The predicted molar refractivity (Wildman–Crippen MR) is 76.3 cm³/mol. The molecule has 1 saturated carbocycles. The number of ether oxygens (including phenoxy) is 2. The second-order valence-corrected chi connectivity index (χ2v) is 12.4. The normalized spacial score (nSPS) is 20.5. The van der Waals surface area contributed by atoms with Gasteiger partial charge in [0.2, 0.25) is 0 Å². The van der Waals surface area contributed by atoms with Gasteiger partial charge < -0.3 is 20.3 Å². The van der Waals surface area contributed by atoms with Crippen molar-refractivity contribution < 1.29 is 14.6 Å². The summed E-state index contributed by atoms with van der Waals surface area (Å²) in [7, 11) is -1.01. The standard InChI is InChI=1S/C13H29NO3Si/c1-18(2,3)8-7-16-11-17-10-12(14)9-13(15)5-4-6-13/h12,15H,4-11,14H2,1-3H3. The van der Waals surface area contributed by atoms with E-state index in [4.69, 9.17) is 15.2 Å². The van der Waals surface area contributed by atoms with Crippen molar-refractivity contribution in [1.82, 2.24) is 0 Å². The Morgan fingerprint density at radius 3 is 2.44 bits per heavy atom. The lowest BCUT2D eigenvalue weighted by Crippen LogP contribution is -2.44. The first-order valence-electron chi connectivity index (χ1n) is 6.94. The number of hydrogen-bond donors (Lipinski definition) is 2. The summed E-state index contributed by atoms with van der Waals surface area (Å²) >= 11 is 0. The molecule has 1 fully saturated rings. The molecule has 108 valence electrons. The molecule has 0 saturated heterocycles. The summed E-state index contributed by atoms with van der Waals surface area (Å²) in [4.78, 5) is 0. The van der Waals surface area contributed by atoms with Crippen LogP contribution in [0.15, 0.2) is 0 Å². The zero-order valence-electron chi connectivity index (χ0n) is 12.1. The van der Waals surface area contributed by atoms with E-state index in [1.165, 1.54) is 0 Å². The van der Waals surface area contributed by atoms with Gasteiger partial charge in [-0.1, -0.05) is 19.6 Å². The summed E-state index contributed by atoms with van der Waals surface area (Å²) in [5.74, 6) is 0. The van der Waals surface area contributed by atoms with Crippen molar-refractivity contribution in [3.8, 4) is 0 Å². The largest absolute Gasteiger partial charge is 0.390 e. The molecule has 0 amide bonds. The molecule has 1 aliphatic rings. The zero-order chi connectivity index (χ0) is 13.6. The van der Waals surface area contributed by atoms with Crippen molar-refractivity contribution >= 4 is 8.07 Å². The van der Waals surface area contributed by atoms with Crippen LogP contribution in [0.3, 0.4) is 0 Å². The van der Waals surface area contributed by atoms with Crippen molar-refractivity contribution in [3.63, 3.8) is 0 Å². The Morgan fingerprint density at radius 2 is 1.94 bits per heavy atom. The quantitative estimate of drug-likeness (QED) is 0.383. The van der Waals surface area contributed by atoms with Gasteiger partial charge in [0.15, 0.2) is 0 Å². The molecule has 0 aliphatic heterocycles. The van der Waals surface area contributed by atoms with Crippen molar-refractivity contribution in [2.75, 3.05) is 20.0 Å². The summed E-state index contributed by atoms with van der Waals surface area (Å²) in [6.45, 7) is 8.53. The molecule has 0 heterocycles. The van der Waals surface area contributed by atoms with Gasteiger partial charge in [-0.25, -0.2) is 0 Å². The van der Waals surface area contributed by atoms with Gasteiger partial charge in [-0.15, -0.1) is 0 Å². The van der Waals surface area contributed by atoms with Crippen LogP contribution in [0.1, 0.15) is 25.7 Å². The summed E-state index contributed by atoms with van der Waals surface area (Å²) < 4.78 is 10.8. The number of aliphatic hydroxyl groups is 1. The van der Waals surface area contributed by atoms with E-state index in [1.807, 2.05) is 0 Å². The van der Waals surface area contributed by atoms with Crippen LogP contribution in [0.4, 0.5) is 0 Å². The number of nitrogens with two attached hydrogens (primary N) is 1. The Kier molecular flexibility index (Phi) is 6.27. The van der Waals surface area contributed by atoms with Crippen LogP contribution in [0.5, 0.6) is 0 Å². The molecule has 0 bridgehead atoms. The molecule has 0 aromatic carbocycles. The maximum atomic E-state index is 9.95. The summed E-state index contributed by atoms with van der Waals surface area (Å²) in [6, 6.07) is 1.07. The monoisotopic (exact) mass is 275 g/mol. The second kappa shape index (κ2) is 7.00. The molecule has 1 aliphatic carbocycles. The lowest BCUT2D eigenvalue weighted by molar-refractivity contribution is -0.0755. The summed E-state index contributed by atoms with van der Waals surface area (Å²) in [5, 5.41) is 9.95. The highest BCUT2D eigenvalue weighted by atomic mass is 28.3. The Labute approximate surface area is 112 Å². The molecule has 18 heavy (non-hydrogen) atoms. The minimum Gasteiger partial charge on any atom is -0.390 e. The van der Waals surface area contributed by atoms with Crippen LogP contribution < -0.4 is 5.73 Å². The molecule has 0 radical (unpaired) electrons. The Balaban J connectivity index is 1.94. The molecule has 0 spiro atoms. The van der Waals surface area contributed by atoms with Crippen LogP contribution >= 0.6 is 0 Å². The second-order valence-electron chi connectivity index (χ2n) is 6.75. The average molecular weight is 275 g/mol. The SMILES string of the molecule is C[Si](C)(C)CCOCOCC(N)CC1(O)CCC1. The van der Waals surface area contributed by atoms with Crippen LogP contribution in [0.25, 0.3) is 0 Å². The molecule has 1 rings (SSSR count). The van der Waals surface area contributed by atoms with E-state index in [0.717, 1.165) is 31.9 Å². The van der Waals surface area contributed by atoms with E-state index in [2.05, 4.69) is 19.6 Å². The zero-order valence-corrected chi connectivity index (χ0v) is 13.1. The van der Waals surface area contributed by atoms with Gasteiger partial charge in [-0.2, -0.15) is 0 Å². The fraction of sp³-hybridized carbons (Fsp3) is 1.00. The first-order chi connectivity index (χ1) is 8.31. The lowest BCUT2D eigenvalue weighted by atomic mass is 9.76. The van der Waals surface area contributed by atoms with E-state index in [-0.39, 0.29) is 6.04 Å². The van der Waals surface area contributed by atoms with E-state index in [0.29, 0.717) is 19.8 Å².